The monoisotopic (exact) mass is 271 g/mol. The van der Waals surface area contributed by atoms with Crippen molar-refractivity contribution < 1.29 is 9.90 Å². The Morgan fingerprint density at radius 3 is 2.95 bits per heavy atom. The minimum Gasteiger partial charge on any atom is -0.478 e. The summed E-state index contributed by atoms with van der Waals surface area (Å²) >= 11 is 0. The number of carboxylic acids is 1. The zero-order chi connectivity index (χ0) is 13.7. The molecule has 0 unspecified atom stereocenters. The average Bonchev–Trinajstić information content (AvgIpc) is 2.84. The quantitative estimate of drug-likeness (QED) is 0.928. The predicted octanol–water partition coefficient (Wildman–Crippen LogP) is 2.02. The van der Waals surface area contributed by atoms with E-state index < -0.39 is 5.97 Å². The molecule has 1 spiro atoms. The fraction of sp³-hybridized carbons (Fsp3) is 0.467. The van der Waals surface area contributed by atoms with Crippen molar-refractivity contribution in [2.24, 2.45) is 5.41 Å². The summed E-state index contributed by atoms with van der Waals surface area (Å²) in [6.45, 7) is 3.12. The number of carboxylic acid groups (broad SMARTS) is 1. The highest BCUT2D eigenvalue weighted by atomic mass is 16.4. The number of hydrogen-bond acceptors (Lipinski definition) is 3. The molecule has 1 aliphatic heterocycles. The molecule has 1 N–H and O–H groups in total. The lowest BCUT2D eigenvalue weighted by Crippen LogP contribution is -2.21. The van der Waals surface area contributed by atoms with Crippen LogP contribution in [-0.4, -0.2) is 38.4 Å². The Kier molecular flexibility index (Phi) is 2.41. The van der Waals surface area contributed by atoms with Gasteiger partial charge in [-0.1, -0.05) is 0 Å². The molecular formula is C15H17N3O2. The van der Waals surface area contributed by atoms with Gasteiger partial charge < -0.3 is 9.51 Å². The first kappa shape index (κ1) is 11.9. The number of hydrogen-bond donors (Lipinski definition) is 1. The summed E-state index contributed by atoms with van der Waals surface area (Å²) in [5.41, 5.74) is 2.45. The summed E-state index contributed by atoms with van der Waals surface area (Å²) in [5, 5.41) is 9.31. The first-order valence-corrected chi connectivity index (χ1v) is 7.07. The molecule has 5 heteroatoms. The van der Waals surface area contributed by atoms with Gasteiger partial charge in [0.05, 0.1) is 0 Å². The van der Waals surface area contributed by atoms with Gasteiger partial charge in [-0.05, 0) is 42.9 Å². The van der Waals surface area contributed by atoms with Crippen molar-refractivity contribution in [3.8, 4) is 0 Å². The van der Waals surface area contributed by atoms with E-state index in [-0.39, 0.29) is 5.56 Å². The van der Waals surface area contributed by atoms with Crippen LogP contribution in [0.4, 0.5) is 0 Å². The number of nitrogens with zero attached hydrogens (tertiary/aromatic N) is 3. The molecule has 5 nitrogen and oxygen atoms in total. The molecule has 1 aliphatic carbocycles. The lowest BCUT2D eigenvalue weighted by Gasteiger charge is -2.16. The molecule has 104 valence electrons. The predicted molar refractivity (Wildman–Crippen MR) is 73.7 cm³/mol. The maximum atomic E-state index is 11.3. The van der Waals surface area contributed by atoms with Crippen LogP contribution in [0.2, 0.25) is 0 Å². The van der Waals surface area contributed by atoms with Crippen LogP contribution in [0.3, 0.4) is 0 Å². The molecule has 0 amide bonds. The van der Waals surface area contributed by atoms with Crippen molar-refractivity contribution in [2.45, 2.75) is 25.8 Å². The van der Waals surface area contributed by atoms with E-state index >= 15 is 0 Å². The lowest BCUT2D eigenvalue weighted by molar-refractivity contribution is 0.0698. The van der Waals surface area contributed by atoms with Crippen molar-refractivity contribution in [2.75, 3.05) is 13.1 Å². The average molecular weight is 271 g/mol. The number of rotatable bonds is 3. The largest absolute Gasteiger partial charge is 0.478 e. The van der Waals surface area contributed by atoms with Gasteiger partial charge in [0, 0.05) is 31.7 Å². The summed E-state index contributed by atoms with van der Waals surface area (Å²) in [6.07, 6.45) is 9.46. The topological polar surface area (TPSA) is 57.8 Å². The van der Waals surface area contributed by atoms with E-state index in [1.54, 1.807) is 18.5 Å². The third kappa shape index (κ3) is 1.89. The molecular weight excluding hydrogens is 254 g/mol. The molecule has 4 rings (SSSR count). The Balaban J connectivity index is 1.64. The maximum absolute atomic E-state index is 11.3. The first-order chi connectivity index (χ1) is 9.65. The minimum atomic E-state index is -0.914. The van der Waals surface area contributed by atoms with Crippen LogP contribution < -0.4 is 0 Å². The van der Waals surface area contributed by atoms with Crippen molar-refractivity contribution in [3.05, 3.63) is 35.8 Å². The van der Waals surface area contributed by atoms with E-state index in [4.69, 9.17) is 0 Å². The van der Waals surface area contributed by atoms with Gasteiger partial charge in [0.2, 0.25) is 0 Å². The lowest BCUT2D eigenvalue weighted by atomic mass is 10.1. The molecule has 1 saturated heterocycles. The third-order valence-electron chi connectivity index (χ3n) is 4.66. The second kappa shape index (κ2) is 4.06. The second-order valence-corrected chi connectivity index (χ2v) is 6.19. The zero-order valence-corrected chi connectivity index (χ0v) is 11.2. The van der Waals surface area contributed by atoms with E-state index in [1.165, 1.54) is 19.3 Å². The summed E-state index contributed by atoms with van der Waals surface area (Å²) in [6, 6.07) is 1.77. The van der Waals surface area contributed by atoms with Crippen molar-refractivity contribution in [1.82, 2.24) is 14.3 Å². The number of pyridine rings is 1. The number of likely N-dealkylation sites (tertiary alicyclic amines) is 1. The summed E-state index contributed by atoms with van der Waals surface area (Å²) < 4.78 is 1.81. The van der Waals surface area contributed by atoms with Crippen LogP contribution >= 0.6 is 0 Å². The Bertz CT molecular complexity index is 687. The highest BCUT2D eigenvalue weighted by Gasteiger charge is 2.47. The SMILES string of the molecule is O=C(O)c1cc(CN2CCC3(CC3)C2)cn2ccnc12. The van der Waals surface area contributed by atoms with Crippen LogP contribution in [-0.2, 0) is 6.54 Å². The summed E-state index contributed by atoms with van der Waals surface area (Å²) in [4.78, 5) is 17.9. The van der Waals surface area contributed by atoms with Crippen LogP contribution in [0.25, 0.3) is 5.65 Å². The smallest absolute Gasteiger partial charge is 0.339 e. The second-order valence-electron chi connectivity index (χ2n) is 6.19. The van der Waals surface area contributed by atoms with Gasteiger partial charge >= 0.3 is 5.97 Å². The number of imidazole rings is 1. The molecule has 0 bridgehead atoms. The van der Waals surface area contributed by atoms with Crippen LogP contribution in [0, 0.1) is 5.41 Å². The molecule has 3 heterocycles. The third-order valence-corrected chi connectivity index (χ3v) is 4.66. The molecule has 2 fully saturated rings. The van der Waals surface area contributed by atoms with Gasteiger partial charge in [0.25, 0.3) is 0 Å². The van der Waals surface area contributed by atoms with Crippen molar-refractivity contribution >= 4 is 11.6 Å². The highest BCUT2D eigenvalue weighted by molar-refractivity contribution is 5.94. The fourth-order valence-electron chi connectivity index (χ4n) is 3.34. The van der Waals surface area contributed by atoms with E-state index in [9.17, 15) is 9.90 Å². The Hall–Kier alpha value is -1.88. The standard InChI is InChI=1S/C15H17N3O2/c19-14(20)12-7-11(9-18-6-4-16-13(12)18)8-17-5-3-15(10-17)1-2-15/h4,6-7,9H,1-3,5,8,10H2,(H,19,20). The fourth-order valence-corrected chi connectivity index (χ4v) is 3.34. The van der Waals surface area contributed by atoms with E-state index in [1.807, 2.05) is 10.6 Å². The van der Waals surface area contributed by atoms with Crippen molar-refractivity contribution in [1.29, 1.82) is 0 Å². The number of fused-ring (bicyclic) bond motifs is 1. The zero-order valence-electron chi connectivity index (χ0n) is 11.2. The van der Waals surface area contributed by atoms with Gasteiger partial charge in [-0.25, -0.2) is 9.78 Å². The number of aromatic nitrogens is 2. The van der Waals surface area contributed by atoms with Crippen LogP contribution in [0.5, 0.6) is 0 Å². The Morgan fingerprint density at radius 1 is 1.40 bits per heavy atom. The van der Waals surface area contributed by atoms with Gasteiger partial charge in [0.1, 0.15) is 5.56 Å². The van der Waals surface area contributed by atoms with Gasteiger partial charge in [-0.3, -0.25) is 4.90 Å². The maximum Gasteiger partial charge on any atom is 0.339 e. The molecule has 2 aromatic rings. The van der Waals surface area contributed by atoms with Crippen LogP contribution in [0.15, 0.2) is 24.7 Å². The highest BCUT2D eigenvalue weighted by Crippen LogP contribution is 2.52. The number of carbonyl (C=O) groups is 1. The molecule has 0 aromatic carbocycles. The van der Waals surface area contributed by atoms with Gasteiger partial charge in [0.15, 0.2) is 5.65 Å². The normalized spacial score (nSPS) is 20.8. The molecule has 2 aromatic heterocycles. The van der Waals surface area contributed by atoms with Gasteiger partial charge in [-0.15, -0.1) is 0 Å². The number of aromatic carboxylic acids is 1. The molecule has 2 aliphatic rings. The van der Waals surface area contributed by atoms with E-state index in [0.29, 0.717) is 11.1 Å². The molecule has 20 heavy (non-hydrogen) atoms. The summed E-state index contributed by atoms with van der Waals surface area (Å²) in [7, 11) is 0. The van der Waals surface area contributed by atoms with E-state index in [0.717, 1.165) is 25.2 Å². The molecule has 0 atom stereocenters. The first-order valence-electron chi connectivity index (χ1n) is 7.07. The molecule has 0 radical (unpaired) electrons. The van der Waals surface area contributed by atoms with Crippen molar-refractivity contribution in [3.63, 3.8) is 0 Å². The Labute approximate surface area is 116 Å². The minimum absolute atomic E-state index is 0.285. The molecule has 1 saturated carbocycles. The summed E-state index contributed by atoms with van der Waals surface area (Å²) in [5.74, 6) is -0.914. The van der Waals surface area contributed by atoms with Gasteiger partial charge in [-0.2, -0.15) is 0 Å². The Morgan fingerprint density at radius 2 is 2.25 bits per heavy atom. The van der Waals surface area contributed by atoms with E-state index in [2.05, 4.69) is 9.88 Å². The van der Waals surface area contributed by atoms with Crippen LogP contribution in [0.1, 0.15) is 35.2 Å².